The van der Waals surface area contributed by atoms with E-state index in [9.17, 15) is 0 Å². The van der Waals surface area contributed by atoms with Gasteiger partial charge in [-0.1, -0.05) is 29.8 Å². The standard InChI is InChI=1S/C14H10ClN/c15-13-6-4-11(5-7-13)12-9-14-3-1-2-8-16(14)10-12/h1-10H. The summed E-state index contributed by atoms with van der Waals surface area (Å²) in [6, 6.07) is 16.2. The lowest BCUT2D eigenvalue weighted by Crippen LogP contribution is -1.76. The zero-order valence-electron chi connectivity index (χ0n) is 8.60. The Morgan fingerprint density at radius 1 is 0.875 bits per heavy atom. The van der Waals surface area contributed by atoms with Gasteiger partial charge < -0.3 is 4.40 Å². The fourth-order valence-corrected chi connectivity index (χ4v) is 1.98. The van der Waals surface area contributed by atoms with E-state index in [1.54, 1.807) is 0 Å². The van der Waals surface area contributed by atoms with Gasteiger partial charge in [0.05, 0.1) is 0 Å². The number of pyridine rings is 1. The van der Waals surface area contributed by atoms with Gasteiger partial charge in [0.2, 0.25) is 0 Å². The van der Waals surface area contributed by atoms with Crippen LogP contribution in [0.4, 0.5) is 0 Å². The first-order valence-electron chi connectivity index (χ1n) is 5.16. The van der Waals surface area contributed by atoms with E-state index < -0.39 is 0 Å². The van der Waals surface area contributed by atoms with Crippen molar-refractivity contribution in [2.75, 3.05) is 0 Å². The van der Waals surface area contributed by atoms with Crippen LogP contribution in [-0.4, -0.2) is 4.40 Å². The highest BCUT2D eigenvalue weighted by Gasteiger charge is 2.01. The second kappa shape index (κ2) is 3.69. The highest BCUT2D eigenvalue weighted by atomic mass is 35.5. The molecule has 0 saturated carbocycles. The maximum Gasteiger partial charge on any atom is 0.0456 e. The van der Waals surface area contributed by atoms with Gasteiger partial charge in [-0.3, -0.25) is 0 Å². The predicted octanol–water partition coefficient (Wildman–Crippen LogP) is 4.26. The zero-order valence-corrected chi connectivity index (χ0v) is 9.35. The maximum atomic E-state index is 5.87. The van der Waals surface area contributed by atoms with Crippen LogP contribution in [0.5, 0.6) is 0 Å². The van der Waals surface area contributed by atoms with Gasteiger partial charge >= 0.3 is 0 Å². The lowest BCUT2D eigenvalue weighted by molar-refractivity contribution is 1.20. The SMILES string of the molecule is Clc1ccc(-c2cc3ccccn3c2)cc1. The van der Waals surface area contributed by atoms with Crippen LogP contribution >= 0.6 is 11.6 Å². The molecule has 0 atom stereocenters. The monoisotopic (exact) mass is 227 g/mol. The number of nitrogens with zero attached hydrogens (tertiary/aromatic N) is 1. The topological polar surface area (TPSA) is 4.41 Å². The Hall–Kier alpha value is -1.73. The number of hydrogen-bond acceptors (Lipinski definition) is 0. The Labute approximate surface area is 98.9 Å². The van der Waals surface area contributed by atoms with Crippen molar-refractivity contribution in [3.63, 3.8) is 0 Å². The van der Waals surface area contributed by atoms with E-state index in [-0.39, 0.29) is 0 Å². The van der Waals surface area contributed by atoms with Gasteiger partial charge in [0.25, 0.3) is 0 Å². The summed E-state index contributed by atoms with van der Waals surface area (Å²) in [6.45, 7) is 0. The fraction of sp³-hybridized carbons (Fsp3) is 0. The van der Waals surface area contributed by atoms with E-state index in [1.807, 2.05) is 36.4 Å². The minimum absolute atomic E-state index is 0.771. The Kier molecular flexibility index (Phi) is 2.19. The van der Waals surface area contributed by atoms with Crippen molar-refractivity contribution in [3.8, 4) is 11.1 Å². The molecule has 0 aliphatic rings. The summed E-state index contributed by atoms with van der Waals surface area (Å²) >= 11 is 5.87. The Bertz CT molecular complexity index is 590. The molecule has 0 radical (unpaired) electrons. The number of hydrogen-bond donors (Lipinski definition) is 0. The normalized spacial score (nSPS) is 10.8. The van der Waals surface area contributed by atoms with Gasteiger partial charge in [-0.15, -0.1) is 0 Å². The first-order valence-corrected chi connectivity index (χ1v) is 5.53. The molecule has 0 N–H and O–H groups in total. The third kappa shape index (κ3) is 1.59. The van der Waals surface area contributed by atoms with Crippen LogP contribution < -0.4 is 0 Å². The Morgan fingerprint density at radius 3 is 2.44 bits per heavy atom. The number of fused-ring (bicyclic) bond motifs is 1. The lowest BCUT2D eigenvalue weighted by Gasteiger charge is -1.96. The molecule has 2 aromatic heterocycles. The van der Waals surface area contributed by atoms with Crippen LogP contribution in [0.1, 0.15) is 0 Å². The second-order valence-electron chi connectivity index (χ2n) is 3.77. The largest absolute Gasteiger partial charge is 0.323 e. The molecular formula is C14H10ClN. The van der Waals surface area contributed by atoms with Gasteiger partial charge in [-0.25, -0.2) is 0 Å². The lowest BCUT2D eigenvalue weighted by atomic mass is 10.1. The van der Waals surface area contributed by atoms with E-state index >= 15 is 0 Å². The van der Waals surface area contributed by atoms with Gasteiger partial charge in [-0.2, -0.15) is 0 Å². The van der Waals surface area contributed by atoms with Crippen LogP contribution in [-0.2, 0) is 0 Å². The number of halogens is 1. The smallest absolute Gasteiger partial charge is 0.0456 e. The average Bonchev–Trinajstić information content (AvgIpc) is 2.73. The van der Waals surface area contributed by atoms with Crippen molar-refractivity contribution in [1.29, 1.82) is 0 Å². The first-order chi connectivity index (χ1) is 7.83. The van der Waals surface area contributed by atoms with Gasteiger partial charge in [0.15, 0.2) is 0 Å². The quantitative estimate of drug-likeness (QED) is 0.585. The van der Waals surface area contributed by atoms with E-state index in [1.165, 1.54) is 16.6 Å². The number of rotatable bonds is 1. The van der Waals surface area contributed by atoms with Crippen molar-refractivity contribution in [1.82, 2.24) is 4.40 Å². The predicted molar refractivity (Wildman–Crippen MR) is 67.8 cm³/mol. The van der Waals surface area contributed by atoms with Crippen LogP contribution in [0.15, 0.2) is 60.9 Å². The molecule has 16 heavy (non-hydrogen) atoms. The molecule has 0 fully saturated rings. The third-order valence-electron chi connectivity index (χ3n) is 2.68. The minimum Gasteiger partial charge on any atom is -0.323 e. The molecule has 1 nitrogen and oxygen atoms in total. The van der Waals surface area contributed by atoms with E-state index in [4.69, 9.17) is 11.6 Å². The summed E-state index contributed by atoms with van der Waals surface area (Å²) in [4.78, 5) is 0. The highest BCUT2D eigenvalue weighted by Crippen LogP contribution is 2.23. The molecule has 3 aromatic rings. The van der Waals surface area contributed by atoms with Crippen LogP contribution in [0.2, 0.25) is 5.02 Å². The summed E-state index contributed by atoms with van der Waals surface area (Å²) < 4.78 is 2.12. The summed E-state index contributed by atoms with van der Waals surface area (Å²) in [5.74, 6) is 0. The fourth-order valence-electron chi connectivity index (χ4n) is 1.86. The van der Waals surface area contributed by atoms with Crippen molar-refractivity contribution in [2.24, 2.45) is 0 Å². The molecule has 0 saturated heterocycles. The molecule has 78 valence electrons. The molecule has 0 unspecified atom stereocenters. The summed E-state index contributed by atoms with van der Waals surface area (Å²) in [5.41, 5.74) is 3.60. The first kappa shape index (κ1) is 9.49. The van der Waals surface area contributed by atoms with E-state index in [0.717, 1.165) is 5.02 Å². The molecule has 0 aliphatic heterocycles. The summed E-state index contributed by atoms with van der Waals surface area (Å²) in [6.07, 6.45) is 4.17. The molecule has 0 spiro atoms. The van der Waals surface area contributed by atoms with Gasteiger partial charge in [0.1, 0.15) is 0 Å². The second-order valence-corrected chi connectivity index (χ2v) is 4.20. The van der Waals surface area contributed by atoms with E-state index in [2.05, 4.69) is 28.9 Å². The molecule has 3 rings (SSSR count). The molecule has 1 aromatic carbocycles. The molecule has 0 amide bonds. The minimum atomic E-state index is 0.771. The molecular weight excluding hydrogens is 218 g/mol. The maximum absolute atomic E-state index is 5.87. The van der Waals surface area contributed by atoms with Crippen LogP contribution in [0, 0.1) is 0 Å². The Morgan fingerprint density at radius 2 is 1.69 bits per heavy atom. The molecule has 0 bridgehead atoms. The van der Waals surface area contributed by atoms with Gasteiger partial charge in [-0.05, 0) is 35.9 Å². The third-order valence-corrected chi connectivity index (χ3v) is 2.93. The summed E-state index contributed by atoms with van der Waals surface area (Å²) in [7, 11) is 0. The number of aromatic nitrogens is 1. The highest BCUT2D eigenvalue weighted by molar-refractivity contribution is 6.30. The van der Waals surface area contributed by atoms with Crippen molar-refractivity contribution < 1.29 is 0 Å². The van der Waals surface area contributed by atoms with E-state index in [0.29, 0.717) is 0 Å². The Balaban J connectivity index is 2.15. The summed E-state index contributed by atoms with van der Waals surface area (Å²) in [5, 5.41) is 0.771. The van der Waals surface area contributed by atoms with Crippen LogP contribution in [0.3, 0.4) is 0 Å². The van der Waals surface area contributed by atoms with Crippen LogP contribution in [0.25, 0.3) is 16.6 Å². The molecule has 2 heteroatoms. The zero-order chi connectivity index (χ0) is 11.0. The number of benzene rings is 1. The average molecular weight is 228 g/mol. The van der Waals surface area contributed by atoms with Gasteiger partial charge in [0, 0.05) is 28.5 Å². The van der Waals surface area contributed by atoms with Crippen molar-refractivity contribution in [3.05, 3.63) is 65.9 Å². The van der Waals surface area contributed by atoms with Crippen molar-refractivity contribution in [2.45, 2.75) is 0 Å². The molecule has 2 heterocycles. The van der Waals surface area contributed by atoms with Crippen molar-refractivity contribution >= 4 is 17.1 Å². The molecule has 0 aliphatic carbocycles.